The van der Waals surface area contributed by atoms with Crippen molar-refractivity contribution in [3.05, 3.63) is 40.4 Å². The minimum atomic E-state index is -0.0973. The van der Waals surface area contributed by atoms with Crippen LogP contribution in [0.2, 0.25) is 0 Å². The summed E-state index contributed by atoms with van der Waals surface area (Å²) in [5.41, 5.74) is 0.626. The predicted octanol–water partition coefficient (Wildman–Crippen LogP) is 2.78. The normalized spacial score (nSPS) is 10.7. The van der Waals surface area contributed by atoms with Gasteiger partial charge in [0.1, 0.15) is 10.1 Å². The monoisotopic (exact) mass is 307 g/mol. The van der Waals surface area contributed by atoms with Crippen molar-refractivity contribution in [2.45, 2.75) is 19.6 Å². The van der Waals surface area contributed by atoms with Gasteiger partial charge in [0.25, 0.3) is 5.56 Å². The number of nitrogens with zero attached hydrogens (tertiary/aromatic N) is 2. The fourth-order valence-corrected chi connectivity index (χ4v) is 3.18. The first-order valence-corrected chi connectivity index (χ1v) is 7.94. The zero-order valence-electron chi connectivity index (χ0n) is 11.5. The number of thiocarbonyl (C=S) groups is 1. The Hall–Kier alpha value is -1.40. The van der Waals surface area contributed by atoms with Crippen LogP contribution in [0.3, 0.4) is 0 Å². The van der Waals surface area contributed by atoms with E-state index >= 15 is 0 Å². The Morgan fingerprint density at radius 3 is 2.75 bits per heavy atom. The lowest BCUT2D eigenvalue weighted by Crippen LogP contribution is -2.26. The van der Waals surface area contributed by atoms with E-state index < -0.39 is 0 Å². The molecule has 0 saturated carbocycles. The highest BCUT2D eigenvalue weighted by molar-refractivity contribution is 8.22. The van der Waals surface area contributed by atoms with Crippen LogP contribution < -0.4 is 5.56 Å². The van der Waals surface area contributed by atoms with Crippen molar-refractivity contribution in [2.75, 3.05) is 13.1 Å². The van der Waals surface area contributed by atoms with Gasteiger partial charge in [-0.2, -0.15) is 0 Å². The van der Waals surface area contributed by atoms with E-state index in [1.165, 1.54) is 11.8 Å². The first-order chi connectivity index (χ1) is 9.65. The molecule has 1 aromatic carbocycles. The van der Waals surface area contributed by atoms with Crippen molar-refractivity contribution in [1.82, 2.24) is 14.9 Å². The summed E-state index contributed by atoms with van der Waals surface area (Å²) in [6.45, 7) is 5.94. The van der Waals surface area contributed by atoms with Crippen LogP contribution in [0.15, 0.2) is 29.1 Å². The molecule has 0 spiro atoms. The number of H-pyrrole nitrogens is 1. The average Bonchev–Trinajstić information content (AvgIpc) is 2.46. The highest BCUT2D eigenvalue weighted by atomic mass is 32.2. The van der Waals surface area contributed by atoms with E-state index in [0.717, 1.165) is 22.9 Å². The van der Waals surface area contributed by atoms with Crippen molar-refractivity contribution in [1.29, 1.82) is 0 Å². The molecule has 0 atom stereocenters. The molecule has 0 fully saturated rings. The van der Waals surface area contributed by atoms with Gasteiger partial charge in [0.15, 0.2) is 0 Å². The Kier molecular flexibility index (Phi) is 5.14. The number of aromatic nitrogens is 2. The summed E-state index contributed by atoms with van der Waals surface area (Å²) in [4.78, 5) is 21.3. The van der Waals surface area contributed by atoms with E-state index in [1.54, 1.807) is 6.07 Å². The second kappa shape index (κ2) is 6.85. The molecule has 0 aliphatic rings. The largest absolute Gasteiger partial charge is 0.358 e. The zero-order valence-corrected chi connectivity index (χ0v) is 13.2. The molecule has 2 aromatic rings. The summed E-state index contributed by atoms with van der Waals surface area (Å²) in [5.74, 6) is 1.24. The summed E-state index contributed by atoms with van der Waals surface area (Å²) in [7, 11) is 0. The van der Waals surface area contributed by atoms with E-state index in [2.05, 4.69) is 28.7 Å². The highest BCUT2D eigenvalue weighted by Crippen LogP contribution is 2.15. The van der Waals surface area contributed by atoms with Crippen LogP contribution in [0.5, 0.6) is 0 Å². The Bertz CT molecular complexity index is 665. The van der Waals surface area contributed by atoms with Crippen molar-refractivity contribution in [2.24, 2.45) is 0 Å². The third kappa shape index (κ3) is 3.37. The maximum absolute atomic E-state index is 11.9. The Morgan fingerprint density at radius 2 is 2.05 bits per heavy atom. The number of nitrogens with one attached hydrogen (secondary N) is 1. The second-order valence-electron chi connectivity index (χ2n) is 4.26. The number of aromatic amines is 1. The molecule has 6 heteroatoms. The minimum absolute atomic E-state index is 0.0973. The zero-order chi connectivity index (χ0) is 14.5. The van der Waals surface area contributed by atoms with Gasteiger partial charge < -0.3 is 9.88 Å². The van der Waals surface area contributed by atoms with Crippen LogP contribution in [-0.2, 0) is 5.75 Å². The molecular weight excluding hydrogens is 290 g/mol. The van der Waals surface area contributed by atoms with Gasteiger partial charge in [-0.1, -0.05) is 36.1 Å². The fourth-order valence-electron chi connectivity index (χ4n) is 1.91. The minimum Gasteiger partial charge on any atom is -0.358 e. The molecule has 0 radical (unpaired) electrons. The van der Waals surface area contributed by atoms with Crippen LogP contribution in [-0.4, -0.2) is 32.3 Å². The number of thioether (sulfide) groups is 1. The highest BCUT2D eigenvalue weighted by Gasteiger charge is 2.08. The number of rotatable bonds is 4. The quantitative estimate of drug-likeness (QED) is 0.880. The molecule has 0 bridgehead atoms. The predicted molar refractivity (Wildman–Crippen MR) is 89.2 cm³/mol. The van der Waals surface area contributed by atoms with E-state index in [1.807, 2.05) is 18.2 Å². The van der Waals surface area contributed by atoms with Crippen LogP contribution in [0.1, 0.15) is 19.7 Å². The molecule has 1 aromatic heterocycles. The maximum Gasteiger partial charge on any atom is 0.258 e. The third-order valence-electron chi connectivity index (χ3n) is 3.02. The standard InChI is InChI=1S/C14H17N3OS2/c1-3-17(4-2)14(19)20-9-12-15-11-8-6-5-7-10(11)13(18)16-12/h5-8H,3-4,9H2,1-2H3,(H,15,16,18). The van der Waals surface area contributed by atoms with Crippen LogP contribution >= 0.6 is 24.0 Å². The number of hydrogen-bond donors (Lipinski definition) is 1. The maximum atomic E-state index is 11.9. The van der Waals surface area contributed by atoms with Gasteiger partial charge >= 0.3 is 0 Å². The van der Waals surface area contributed by atoms with Gasteiger partial charge in [-0.15, -0.1) is 0 Å². The van der Waals surface area contributed by atoms with Crippen molar-refractivity contribution in [3.8, 4) is 0 Å². The molecule has 0 aliphatic carbocycles. The molecule has 0 unspecified atom stereocenters. The summed E-state index contributed by atoms with van der Waals surface area (Å²) >= 11 is 6.90. The van der Waals surface area contributed by atoms with Crippen LogP contribution in [0.4, 0.5) is 0 Å². The van der Waals surface area contributed by atoms with Gasteiger partial charge in [0.05, 0.1) is 16.7 Å². The molecule has 1 N–H and O–H groups in total. The summed E-state index contributed by atoms with van der Waals surface area (Å²) in [5, 5.41) is 0.618. The Morgan fingerprint density at radius 1 is 1.35 bits per heavy atom. The molecule has 0 saturated heterocycles. The summed E-state index contributed by atoms with van der Waals surface area (Å²) in [6, 6.07) is 7.34. The van der Waals surface area contributed by atoms with Crippen LogP contribution in [0, 0.1) is 0 Å². The van der Waals surface area contributed by atoms with Gasteiger partial charge in [-0.25, -0.2) is 4.98 Å². The molecule has 1 heterocycles. The van der Waals surface area contributed by atoms with E-state index in [0.29, 0.717) is 17.0 Å². The van der Waals surface area contributed by atoms with Gasteiger partial charge in [-0.05, 0) is 26.0 Å². The van der Waals surface area contributed by atoms with Gasteiger partial charge in [0.2, 0.25) is 0 Å². The topological polar surface area (TPSA) is 49.0 Å². The SMILES string of the molecule is CCN(CC)C(=S)SCc1nc2ccccc2c(=O)[nH]1. The molecule has 0 aliphatic heterocycles. The third-order valence-corrected chi connectivity index (χ3v) is 4.55. The Labute approximate surface area is 127 Å². The molecule has 106 valence electrons. The molecule has 4 nitrogen and oxygen atoms in total. The first kappa shape index (κ1) is 15.0. The smallest absolute Gasteiger partial charge is 0.258 e. The number of fused-ring (bicyclic) bond motifs is 1. The van der Waals surface area contributed by atoms with Crippen molar-refractivity contribution in [3.63, 3.8) is 0 Å². The van der Waals surface area contributed by atoms with E-state index in [-0.39, 0.29) is 5.56 Å². The van der Waals surface area contributed by atoms with Gasteiger partial charge in [0, 0.05) is 13.1 Å². The number of para-hydroxylation sites is 1. The first-order valence-electron chi connectivity index (χ1n) is 6.55. The van der Waals surface area contributed by atoms with Crippen LogP contribution in [0.25, 0.3) is 10.9 Å². The number of hydrogen-bond acceptors (Lipinski definition) is 4. The molecular formula is C14H17N3OS2. The molecule has 20 heavy (non-hydrogen) atoms. The lowest BCUT2D eigenvalue weighted by molar-refractivity contribution is 0.482. The fraction of sp³-hybridized carbons (Fsp3) is 0.357. The van der Waals surface area contributed by atoms with Crippen molar-refractivity contribution < 1.29 is 0 Å². The summed E-state index contributed by atoms with van der Waals surface area (Å²) < 4.78 is 0.839. The summed E-state index contributed by atoms with van der Waals surface area (Å²) in [6.07, 6.45) is 0. The average molecular weight is 307 g/mol. The molecule has 0 amide bonds. The van der Waals surface area contributed by atoms with Crippen molar-refractivity contribution >= 4 is 39.2 Å². The Balaban J connectivity index is 2.15. The number of benzene rings is 1. The van der Waals surface area contributed by atoms with Gasteiger partial charge in [-0.3, -0.25) is 4.79 Å². The lowest BCUT2D eigenvalue weighted by Gasteiger charge is -2.20. The van der Waals surface area contributed by atoms with E-state index in [9.17, 15) is 4.79 Å². The second-order valence-corrected chi connectivity index (χ2v) is 5.87. The molecule has 2 rings (SSSR count). The lowest BCUT2D eigenvalue weighted by atomic mass is 10.2. The van der Waals surface area contributed by atoms with E-state index in [4.69, 9.17) is 12.2 Å².